The molecule has 1 saturated heterocycles. The summed E-state index contributed by atoms with van der Waals surface area (Å²) < 4.78 is 4.72. The molecule has 0 spiro atoms. The van der Waals surface area contributed by atoms with E-state index in [1.807, 2.05) is 0 Å². The molecule has 15 heavy (non-hydrogen) atoms. The monoisotopic (exact) mass is 216 g/mol. The maximum atomic E-state index is 11.6. The maximum Gasteiger partial charge on any atom is 0.328 e. The van der Waals surface area contributed by atoms with Gasteiger partial charge < -0.3 is 20.5 Å². The second-order valence-electron chi connectivity index (χ2n) is 3.54. The molecule has 0 aromatic carbocycles. The molecular formula is C9H16N2O4. The normalized spacial score (nSPS) is 22.3. The van der Waals surface area contributed by atoms with Gasteiger partial charge in [-0.1, -0.05) is 0 Å². The molecule has 0 bridgehead atoms. The van der Waals surface area contributed by atoms with E-state index >= 15 is 0 Å². The highest BCUT2D eigenvalue weighted by Gasteiger charge is 2.27. The Morgan fingerprint density at radius 2 is 2.40 bits per heavy atom. The standard InChI is InChI=1S/C9H16N2O4/c1-15-5-7(9(13)14)11-8(12)6-2-3-10-4-6/h6-7,10H,2-5H2,1H3,(H,11,12)(H,13,14). The number of nitrogens with one attached hydrogen (secondary N) is 2. The molecule has 1 fully saturated rings. The van der Waals surface area contributed by atoms with Gasteiger partial charge in [0, 0.05) is 13.7 Å². The van der Waals surface area contributed by atoms with Crippen LogP contribution in [-0.4, -0.2) is 49.8 Å². The molecule has 0 radical (unpaired) electrons. The number of carbonyl (C=O) groups is 2. The van der Waals surface area contributed by atoms with Gasteiger partial charge >= 0.3 is 5.97 Å². The number of carbonyl (C=O) groups excluding carboxylic acids is 1. The quantitative estimate of drug-likeness (QED) is 0.538. The van der Waals surface area contributed by atoms with E-state index in [1.54, 1.807) is 0 Å². The largest absolute Gasteiger partial charge is 0.480 e. The van der Waals surface area contributed by atoms with Crippen molar-refractivity contribution in [3.8, 4) is 0 Å². The molecule has 3 N–H and O–H groups in total. The highest BCUT2D eigenvalue weighted by Crippen LogP contribution is 2.07. The number of amides is 1. The van der Waals surface area contributed by atoms with Gasteiger partial charge in [-0.3, -0.25) is 4.79 Å². The number of ether oxygens (including phenoxy) is 1. The molecule has 6 nitrogen and oxygen atoms in total. The van der Waals surface area contributed by atoms with Gasteiger partial charge in [-0.05, 0) is 13.0 Å². The first-order valence-electron chi connectivity index (χ1n) is 4.88. The fraction of sp³-hybridized carbons (Fsp3) is 0.778. The lowest BCUT2D eigenvalue weighted by molar-refractivity contribution is -0.143. The third-order valence-corrected chi connectivity index (χ3v) is 2.38. The van der Waals surface area contributed by atoms with Crippen molar-refractivity contribution in [2.75, 3.05) is 26.8 Å². The molecule has 6 heteroatoms. The van der Waals surface area contributed by atoms with E-state index in [1.165, 1.54) is 7.11 Å². The molecule has 1 amide bonds. The number of rotatable bonds is 5. The van der Waals surface area contributed by atoms with Crippen molar-refractivity contribution in [3.63, 3.8) is 0 Å². The van der Waals surface area contributed by atoms with E-state index in [-0.39, 0.29) is 18.4 Å². The molecular weight excluding hydrogens is 200 g/mol. The Hall–Kier alpha value is -1.14. The smallest absolute Gasteiger partial charge is 0.328 e. The topological polar surface area (TPSA) is 87.7 Å². The van der Waals surface area contributed by atoms with Crippen molar-refractivity contribution in [1.82, 2.24) is 10.6 Å². The number of carboxylic acid groups (broad SMARTS) is 1. The van der Waals surface area contributed by atoms with Crippen LogP contribution in [0, 0.1) is 5.92 Å². The number of methoxy groups -OCH3 is 1. The van der Waals surface area contributed by atoms with Crippen LogP contribution in [0.1, 0.15) is 6.42 Å². The van der Waals surface area contributed by atoms with Crippen LogP contribution in [0.5, 0.6) is 0 Å². The van der Waals surface area contributed by atoms with Crippen molar-refractivity contribution in [2.45, 2.75) is 12.5 Å². The zero-order chi connectivity index (χ0) is 11.3. The Labute approximate surface area is 88.0 Å². The van der Waals surface area contributed by atoms with Gasteiger partial charge in [-0.25, -0.2) is 4.79 Å². The molecule has 0 saturated carbocycles. The summed E-state index contributed by atoms with van der Waals surface area (Å²) in [6, 6.07) is -0.955. The molecule has 0 aromatic heterocycles. The van der Waals surface area contributed by atoms with Gasteiger partial charge in [0.2, 0.25) is 5.91 Å². The predicted molar refractivity (Wildman–Crippen MR) is 52.4 cm³/mol. The van der Waals surface area contributed by atoms with E-state index < -0.39 is 12.0 Å². The van der Waals surface area contributed by atoms with Crippen LogP contribution in [0.2, 0.25) is 0 Å². The van der Waals surface area contributed by atoms with Crippen molar-refractivity contribution < 1.29 is 19.4 Å². The Bertz CT molecular complexity index is 238. The predicted octanol–water partition coefficient (Wildman–Crippen LogP) is -1.19. The van der Waals surface area contributed by atoms with E-state index in [0.29, 0.717) is 6.54 Å². The third-order valence-electron chi connectivity index (χ3n) is 2.38. The summed E-state index contributed by atoms with van der Waals surface area (Å²) in [6.07, 6.45) is 0.755. The summed E-state index contributed by atoms with van der Waals surface area (Å²) in [5.41, 5.74) is 0. The second kappa shape index (κ2) is 5.67. The summed E-state index contributed by atoms with van der Waals surface area (Å²) in [4.78, 5) is 22.3. The lowest BCUT2D eigenvalue weighted by Gasteiger charge is -2.15. The van der Waals surface area contributed by atoms with Crippen LogP contribution < -0.4 is 10.6 Å². The van der Waals surface area contributed by atoms with Crippen LogP contribution in [-0.2, 0) is 14.3 Å². The lowest BCUT2D eigenvalue weighted by atomic mass is 10.1. The van der Waals surface area contributed by atoms with Crippen LogP contribution in [0.25, 0.3) is 0 Å². The molecule has 0 aliphatic carbocycles. The molecule has 2 atom stereocenters. The van der Waals surface area contributed by atoms with Crippen LogP contribution in [0.3, 0.4) is 0 Å². The zero-order valence-electron chi connectivity index (χ0n) is 8.66. The zero-order valence-corrected chi connectivity index (χ0v) is 8.66. The summed E-state index contributed by atoms with van der Waals surface area (Å²) in [5, 5.41) is 14.3. The Morgan fingerprint density at radius 1 is 1.67 bits per heavy atom. The molecule has 1 rings (SSSR count). The highest BCUT2D eigenvalue weighted by atomic mass is 16.5. The lowest BCUT2D eigenvalue weighted by Crippen LogP contribution is -2.46. The minimum absolute atomic E-state index is 0.0127. The van der Waals surface area contributed by atoms with E-state index in [0.717, 1.165) is 13.0 Å². The second-order valence-corrected chi connectivity index (χ2v) is 3.54. The first-order valence-corrected chi connectivity index (χ1v) is 4.88. The Kier molecular flexibility index (Phi) is 4.51. The summed E-state index contributed by atoms with van der Waals surface area (Å²) in [6.45, 7) is 1.41. The van der Waals surface area contributed by atoms with Gasteiger partial charge in [0.1, 0.15) is 0 Å². The van der Waals surface area contributed by atoms with Gasteiger partial charge in [0.25, 0.3) is 0 Å². The van der Waals surface area contributed by atoms with E-state index in [2.05, 4.69) is 10.6 Å². The number of carboxylic acids is 1. The van der Waals surface area contributed by atoms with Crippen molar-refractivity contribution in [3.05, 3.63) is 0 Å². The Balaban J connectivity index is 2.42. The van der Waals surface area contributed by atoms with Crippen molar-refractivity contribution >= 4 is 11.9 Å². The van der Waals surface area contributed by atoms with Gasteiger partial charge in [0.05, 0.1) is 12.5 Å². The minimum Gasteiger partial charge on any atom is -0.480 e. The molecule has 1 heterocycles. The average molecular weight is 216 g/mol. The van der Waals surface area contributed by atoms with Crippen molar-refractivity contribution in [1.29, 1.82) is 0 Å². The van der Waals surface area contributed by atoms with Crippen LogP contribution >= 0.6 is 0 Å². The minimum atomic E-state index is -1.07. The molecule has 1 aliphatic heterocycles. The average Bonchev–Trinajstić information content (AvgIpc) is 2.69. The van der Waals surface area contributed by atoms with Crippen molar-refractivity contribution in [2.24, 2.45) is 5.92 Å². The first-order chi connectivity index (χ1) is 7.15. The number of hydrogen-bond donors (Lipinski definition) is 3. The summed E-state index contributed by atoms with van der Waals surface area (Å²) >= 11 is 0. The van der Waals surface area contributed by atoms with Gasteiger partial charge in [0.15, 0.2) is 6.04 Å². The number of aliphatic carboxylic acids is 1. The molecule has 0 aromatic rings. The summed E-state index contributed by atoms with van der Waals surface area (Å²) in [7, 11) is 1.40. The van der Waals surface area contributed by atoms with Gasteiger partial charge in [-0.2, -0.15) is 0 Å². The molecule has 2 unspecified atom stereocenters. The fourth-order valence-electron chi connectivity index (χ4n) is 1.51. The maximum absolute atomic E-state index is 11.6. The summed E-state index contributed by atoms with van der Waals surface area (Å²) in [5.74, 6) is -1.41. The fourth-order valence-corrected chi connectivity index (χ4v) is 1.51. The molecule has 86 valence electrons. The first kappa shape index (κ1) is 11.9. The third kappa shape index (κ3) is 3.49. The van der Waals surface area contributed by atoms with Crippen LogP contribution in [0.15, 0.2) is 0 Å². The highest BCUT2D eigenvalue weighted by molar-refractivity contribution is 5.85. The molecule has 1 aliphatic rings. The SMILES string of the molecule is COCC(NC(=O)C1CCNC1)C(=O)O. The van der Waals surface area contributed by atoms with Gasteiger partial charge in [-0.15, -0.1) is 0 Å². The van der Waals surface area contributed by atoms with E-state index in [9.17, 15) is 9.59 Å². The van der Waals surface area contributed by atoms with Crippen LogP contribution in [0.4, 0.5) is 0 Å². The number of hydrogen-bond acceptors (Lipinski definition) is 4. The van der Waals surface area contributed by atoms with E-state index in [4.69, 9.17) is 9.84 Å². The Morgan fingerprint density at radius 3 is 2.87 bits per heavy atom.